The SMILES string of the molecule is CC(=O)O[C@@H]1[C@@H](OC(=O)OC(C)(C)C)CN(C(=O)OC(C)(C)C)[C@@H]1Cc1ccc(N)cc1. The molecule has 0 bridgehead atoms. The molecule has 9 heteroatoms. The van der Waals surface area contributed by atoms with Crippen LogP contribution in [-0.2, 0) is 30.2 Å². The quantitative estimate of drug-likeness (QED) is 0.419. The number of nitrogens with zero attached hydrogens (tertiary/aromatic N) is 1. The van der Waals surface area contributed by atoms with Crippen molar-refractivity contribution in [2.45, 2.75) is 84.3 Å². The van der Waals surface area contributed by atoms with Gasteiger partial charge in [0.05, 0.1) is 12.6 Å². The van der Waals surface area contributed by atoms with Crippen LogP contribution in [0, 0.1) is 0 Å². The number of nitrogens with two attached hydrogens (primary N) is 1. The van der Waals surface area contributed by atoms with Gasteiger partial charge < -0.3 is 24.7 Å². The zero-order valence-corrected chi connectivity index (χ0v) is 19.8. The maximum absolute atomic E-state index is 13.0. The highest BCUT2D eigenvalue weighted by atomic mass is 16.7. The summed E-state index contributed by atoms with van der Waals surface area (Å²) in [5.41, 5.74) is 5.75. The minimum absolute atomic E-state index is 0.00819. The number of carbonyl (C=O) groups excluding carboxylic acids is 3. The molecule has 1 aromatic carbocycles. The van der Waals surface area contributed by atoms with Crippen LogP contribution < -0.4 is 5.73 Å². The van der Waals surface area contributed by atoms with Crippen molar-refractivity contribution in [3.63, 3.8) is 0 Å². The molecule has 0 aromatic heterocycles. The summed E-state index contributed by atoms with van der Waals surface area (Å²) in [6, 6.07) is 6.53. The molecule has 2 N–H and O–H groups in total. The van der Waals surface area contributed by atoms with E-state index in [9.17, 15) is 14.4 Å². The van der Waals surface area contributed by atoms with Crippen LogP contribution >= 0.6 is 0 Å². The highest BCUT2D eigenvalue weighted by molar-refractivity contribution is 5.71. The van der Waals surface area contributed by atoms with E-state index >= 15 is 0 Å². The molecule has 1 aliphatic rings. The van der Waals surface area contributed by atoms with E-state index in [-0.39, 0.29) is 6.54 Å². The minimum atomic E-state index is -0.917. The van der Waals surface area contributed by atoms with Gasteiger partial charge in [-0.25, -0.2) is 9.59 Å². The first kappa shape index (κ1) is 25.3. The first-order chi connectivity index (χ1) is 14.6. The summed E-state index contributed by atoms with van der Waals surface area (Å²) in [6.07, 6.45) is -2.97. The van der Waals surface area contributed by atoms with Gasteiger partial charge in [0, 0.05) is 12.6 Å². The number of hydrogen-bond acceptors (Lipinski definition) is 8. The third-order valence-corrected chi connectivity index (χ3v) is 4.51. The normalized spacial score (nSPS) is 21.1. The van der Waals surface area contributed by atoms with Crippen molar-refractivity contribution in [1.82, 2.24) is 4.90 Å². The highest BCUT2D eigenvalue weighted by Crippen LogP contribution is 2.30. The van der Waals surface area contributed by atoms with Gasteiger partial charge in [-0.15, -0.1) is 0 Å². The van der Waals surface area contributed by atoms with Crippen LogP contribution in [-0.4, -0.2) is 59.1 Å². The van der Waals surface area contributed by atoms with Crippen LogP contribution in [0.2, 0.25) is 0 Å². The molecule has 1 aromatic rings. The Morgan fingerprint density at radius 2 is 1.53 bits per heavy atom. The van der Waals surface area contributed by atoms with Crippen LogP contribution in [0.15, 0.2) is 24.3 Å². The topological polar surface area (TPSA) is 117 Å². The van der Waals surface area contributed by atoms with Gasteiger partial charge in [-0.1, -0.05) is 12.1 Å². The molecule has 1 amide bonds. The average molecular weight is 451 g/mol. The summed E-state index contributed by atoms with van der Waals surface area (Å²) in [4.78, 5) is 38.6. The van der Waals surface area contributed by atoms with Crippen molar-refractivity contribution in [2.75, 3.05) is 12.3 Å². The molecule has 1 fully saturated rings. The van der Waals surface area contributed by atoms with Crippen molar-refractivity contribution < 1.29 is 33.3 Å². The molecule has 178 valence electrons. The predicted molar refractivity (Wildman–Crippen MR) is 118 cm³/mol. The summed E-state index contributed by atoms with van der Waals surface area (Å²) in [6.45, 7) is 11.7. The first-order valence-electron chi connectivity index (χ1n) is 10.6. The number of amides is 1. The lowest BCUT2D eigenvalue weighted by molar-refractivity contribution is -0.153. The number of carbonyl (C=O) groups is 3. The zero-order valence-electron chi connectivity index (χ0n) is 19.8. The largest absolute Gasteiger partial charge is 0.509 e. The van der Waals surface area contributed by atoms with Gasteiger partial charge in [0.2, 0.25) is 0 Å². The van der Waals surface area contributed by atoms with Crippen LogP contribution in [0.1, 0.15) is 54.0 Å². The third kappa shape index (κ3) is 7.62. The molecule has 1 aliphatic heterocycles. The van der Waals surface area contributed by atoms with Crippen molar-refractivity contribution in [3.8, 4) is 0 Å². The van der Waals surface area contributed by atoms with Crippen LogP contribution in [0.5, 0.6) is 0 Å². The Morgan fingerprint density at radius 1 is 0.969 bits per heavy atom. The van der Waals surface area contributed by atoms with Crippen LogP contribution in [0.3, 0.4) is 0 Å². The smallest absolute Gasteiger partial charge is 0.456 e. The highest BCUT2D eigenvalue weighted by Gasteiger charge is 2.49. The maximum atomic E-state index is 13.0. The number of nitrogen functional groups attached to an aromatic ring is 1. The fraction of sp³-hybridized carbons (Fsp3) is 0.609. The monoisotopic (exact) mass is 450 g/mol. The molecule has 2 rings (SSSR count). The summed E-state index contributed by atoms with van der Waals surface area (Å²) in [5.74, 6) is -0.555. The van der Waals surface area contributed by atoms with Gasteiger partial charge in [0.1, 0.15) is 11.2 Å². The third-order valence-electron chi connectivity index (χ3n) is 4.51. The van der Waals surface area contributed by atoms with Crippen molar-refractivity contribution in [3.05, 3.63) is 29.8 Å². The first-order valence-corrected chi connectivity index (χ1v) is 10.6. The number of likely N-dealkylation sites (tertiary alicyclic amines) is 1. The predicted octanol–water partition coefficient (Wildman–Crippen LogP) is 3.68. The molecule has 1 heterocycles. The number of rotatable bonds is 4. The second kappa shape index (κ2) is 9.67. The molecule has 1 saturated heterocycles. The van der Waals surface area contributed by atoms with Gasteiger partial charge in [-0.05, 0) is 65.7 Å². The maximum Gasteiger partial charge on any atom is 0.509 e. The molecular formula is C23H34N2O7. The Kier molecular flexibility index (Phi) is 7.64. The summed E-state index contributed by atoms with van der Waals surface area (Å²) < 4.78 is 21.8. The molecule has 9 nitrogen and oxygen atoms in total. The molecule has 3 atom stereocenters. The zero-order chi connectivity index (χ0) is 24.3. The molecule has 0 radical (unpaired) electrons. The lowest BCUT2D eigenvalue weighted by Crippen LogP contribution is -2.45. The van der Waals surface area contributed by atoms with E-state index in [1.54, 1.807) is 53.7 Å². The van der Waals surface area contributed by atoms with Crippen molar-refractivity contribution in [1.29, 1.82) is 0 Å². The number of esters is 1. The van der Waals surface area contributed by atoms with Crippen LogP contribution in [0.25, 0.3) is 0 Å². The van der Waals surface area contributed by atoms with Crippen LogP contribution in [0.4, 0.5) is 15.3 Å². The molecule has 0 aliphatic carbocycles. The van der Waals surface area contributed by atoms with E-state index in [4.69, 9.17) is 24.7 Å². The van der Waals surface area contributed by atoms with E-state index in [1.807, 2.05) is 12.1 Å². The van der Waals surface area contributed by atoms with Gasteiger partial charge in [-0.3, -0.25) is 9.69 Å². The second-order valence-electron chi connectivity index (χ2n) is 9.84. The molecule has 0 unspecified atom stereocenters. The Bertz CT molecular complexity index is 824. The van der Waals surface area contributed by atoms with Crippen molar-refractivity contribution in [2.24, 2.45) is 0 Å². The van der Waals surface area contributed by atoms with Gasteiger partial charge in [0.15, 0.2) is 12.2 Å². The Labute approximate surface area is 189 Å². The molecule has 0 spiro atoms. The summed E-state index contributed by atoms with van der Waals surface area (Å²) >= 11 is 0. The number of ether oxygens (including phenoxy) is 4. The summed E-state index contributed by atoms with van der Waals surface area (Å²) in [7, 11) is 0. The lowest BCUT2D eigenvalue weighted by atomic mass is 10.0. The summed E-state index contributed by atoms with van der Waals surface area (Å²) in [5, 5.41) is 0. The van der Waals surface area contributed by atoms with E-state index in [1.165, 1.54) is 11.8 Å². The van der Waals surface area contributed by atoms with E-state index in [0.717, 1.165) is 5.56 Å². The lowest BCUT2D eigenvalue weighted by Gasteiger charge is -2.30. The van der Waals surface area contributed by atoms with E-state index < -0.39 is 47.7 Å². The molecule has 32 heavy (non-hydrogen) atoms. The van der Waals surface area contributed by atoms with E-state index in [2.05, 4.69) is 0 Å². The number of benzene rings is 1. The van der Waals surface area contributed by atoms with Gasteiger partial charge in [0.25, 0.3) is 0 Å². The second-order valence-corrected chi connectivity index (χ2v) is 9.84. The standard InChI is InChI=1S/C23H34N2O7/c1-14(26)29-19-17(12-15-8-10-16(24)11-9-15)25(20(27)31-22(2,3)4)13-18(19)30-21(28)32-23(5,6)7/h8-11,17-19H,12-13,24H2,1-7H3/t17-,18+,19+/m1/s1. The fourth-order valence-electron chi connectivity index (χ4n) is 3.36. The Balaban J connectivity index is 2.35. The minimum Gasteiger partial charge on any atom is -0.456 e. The molecular weight excluding hydrogens is 416 g/mol. The van der Waals surface area contributed by atoms with Gasteiger partial charge >= 0.3 is 18.2 Å². The molecule has 0 saturated carbocycles. The van der Waals surface area contributed by atoms with Crippen molar-refractivity contribution >= 4 is 23.9 Å². The number of hydrogen-bond donors (Lipinski definition) is 1. The van der Waals surface area contributed by atoms with Gasteiger partial charge in [-0.2, -0.15) is 0 Å². The average Bonchev–Trinajstić information content (AvgIpc) is 2.91. The Morgan fingerprint density at radius 3 is 2.03 bits per heavy atom. The Hall–Kier alpha value is -2.97. The fourth-order valence-corrected chi connectivity index (χ4v) is 3.36. The number of anilines is 1. The van der Waals surface area contributed by atoms with E-state index in [0.29, 0.717) is 12.1 Å².